The number of hydrogen-bond acceptors (Lipinski definition) is 3. The predicted octanol–water partition coefficient (Wildman–Crippen LogP) is 1.90. The number of rotatable bonds is 6. The van der Waals surface area contributed by atoms with Gasteiger partial charge in [0.25, 0.3) is 0 Å². The maximum atomic E-state index is 5.05. The van der Waals surface area contributed by atoms with Crippen molar-refractivity contribution in [2.24, 2.45) is 0 Å². The van der Waals surface area contributed by atoms with Crippen molar-refractivity contribution in [1.29, 1.82) is 0 Å². The molecule has 13 heavy (non-hydrogen) atoms. The van der Waals surface area contributed by atoms with Gasteiger partial charge in [0.15, 0.2) is 0 Å². The Morgan fingerprint density at radius 2 is 2.38 bits per heavy atom. The van der Waals surface area contributed by atoms with Crippen molar-refractivity contribution >= 4 is 11.8 Å². The van der Waals surface area contributed by atoms with Crippen LogP contribution in [0.25, 0.3) is 0 Å². The van der Waals surface area contributed by atoms with Gasteiger partial charge in [0.2, 0.25) is 0 Å². The highest BCUT2D eigenvalue weighted by atomic mass is 32.2. The minimum absolute atomic E-state index is 0.766. The number of nitrogens with one attached hydrogen (secondary N) is 1. The topological polar surface area (TPSA) is 21.3 Å². The molecule has 0 aromatic heterocycles. The molecule has 2 nitrogen and oxygen atoms in total. The molecule has 0 spiro atoms. The Bertz CT molecular complexity index is 132. The molecule has 1 aliphatic heterocycles. The fraction of sp³-hybridized carbons (Fsp3) is 1.00. The second-order valence-electron chi connectivity index (χ2n) is 3.58. The van der Waals surface area contributed by atoms with E-state index < -0.39 is 0 Å². The van der Waals surface area contributed by atoms with E-state index in [1.165, 1.54) is 25.0 Å². The normalized spacial score (nSPS) is 28.2. The van der Waals surface area contributed by atoms with E-state index >= 15 is 0 Å². The summed E-state index contributed by atoms with van der Waals surface area (Å²) < 4.78 is 5.05. The van der Waals surface area contributed by atoms with Gasteiger partial charge in [-0.1, -0.05) is 6.92 Å². The molecule has 1 unspecified atom stereocenters. The van der Waals surface area contributed by atoms with Crippen LogP contribution in [0.15, 0.2) is 0 Å². The monoisotopic (exact) mass is 203 g/mol. The van der Waals surface area contributed by atoms with Crippen LogP contribution in [-0.2, 0) is 4.74 Å². The molecule has 1 aliphatic rings. The lowest BCUT2D eigenvalue weighted by Crippen LogP contribution is -2.28. The molecule has 0 amide bonds. The Kier molecular flexibility index (Phi) is 5.83. The van der Waals surface area contributed by atoms with E-state index in [-0.39, 0.29) is 0 Å². The molecule has 0 aliphatic carbocycles. The highest BCUT2D eigenvalue weighted by Gasteiger charge is 2.23. The lowest BCUT2D eigenvalue weighted by Gasteiger charge is -2.10. The standard InChI is InChI=1S/C10H21NOS/c1-3-11-9-7-10(13-8-9)5-4-6-12-2/h9-11H,3-8H2,1-2H3/t9?,10-/m1/s1. The van der Waals surface area contributed by atoms with Crippen molar-refractivity contribution in [3.63, 3.8) is 0 Å². The van der Waals surface area contributed by atoms with Gasteiger partial charge in [0, 0.05) is 30.8 Å². The van der Waals surface area contributed by atoms with Crippen LogP contribution in [0.2, 0.25) is 0 Å². The molecule has 0 saturated carbocycles. The van der Waals surface area contributed by atoms with Gasteiger partial charge in [0.1, 0.15) is 0 Å². The Hall–Kier alpha value is 0.270. The van der Waals surface area contributed by atoms with E-state index in [1.807, 2.05) is 0 Å². The van der Waals surface area contributed by atoms with Gasteiger partial charge < -0.3 is 10.1 Å². The van der Waals surface area contributed by atoms with E-state index in [2.05, 4.69) is 24.0 Å². The molecule has 1 rings (SSSR count). The van der Waals surface area contributed by atoms with Crippen LogP contribution >= 0.6 is 11.8 Å². The van der Waals surface area contributed by atoms with Gasteiger partial charge in [0.05, 0.1) is 0 Å². The summed E-state index contributed by atoms with van der Waals surface area (Å²) >= 11 is 2.12. The fourth-order valence-corrected chi connectivity index (χ4v) is 3.25. The first kappa shape index (κ1) is 11.3. The van der Waals surface area contributed by atoms with Crippen LogP contribution < -0.4 is 5.32 Å². The lowest BCUT2D eigenvalue weighted by molar-refractivity contribution is 0.192. The zero-order valence-electron chi connectivity index (χ0n) is 8.71. The Balaban J connectivity index is 2.03. The van der Waals surface area contributed by atoms with Gasteiger partial charge in [-0.3, -0.25) is 0 Å². The summed E-state index contributed by atoms with van der Waals surface area (Å²) in [6, 6.07) is 0.766. The summed E-state index contributed by atoms with van der Waals surface area (Å²) in [6.45, 7) is 4.21. The van der Waals surface area contributed by atoms with E-state index in [9.17, 15) is 0 Å². The first-order valence-corrected chi connectivity index (χ1v) is 6.25. The van der Waals surface area contributed by atoms with Crippen LogP contribution in [0.3, 0.4) is 0 Å². The molecule has 1 heterocycles. The van der Waals surface area contributed by atoms with Crippen molar-refractivity contribution in [2.75, 3.05) is 26.0 Å². The molecule has 3 heteroatoms. The average molecular weight is 203 g/mol. The molecule has 1 fully saturated rings. The average Bonchev–Trinajstić information content (AvgIpc) is 2.54. The first-order chi connectivity index (χ1) is 6.36. The number of hydrogen-bond donors (Lipinski definition) is 1. The minimum Gasteiger partial charge on any atom is -0.385 e. The van der Waals surface area contributed by atoms with Gasteiger partial charge >= 0.3 is 0 Å². The maximum Gasteiger partial charge on any atom is 0.0462 e. The highest BCUT2D eigenvalue weighted by molar-refractivity contribution is 8.00. The van der Waals surface area contributed by atoms with E-state index in [4.69, 9.17) is 4.74 Å². The SMILES string of the molecule is CCNC1CS[C@H](CCCOC)C1. The van der Waals surface area contributed by atoms with Gasteiger partial charge in [-0.2, -0.15) is 11.8 Å². The van der Waals surface area contributed by atoms with Gasteiger partial charge in [-0.25, -0.2) is 0 Å². The Labute approximate surface area is 85.8 Å². The number of ether oxygens (including phenoxy) is 1. The fourth-order valence-electron chi connectivity index (χ4n) is 1.79. The Morgan fingerprint density at radius 1 is 1.54 bits per heavy atom. The van der Waals surface area contributed by atoms with Crippen molar-refractivity contribution < 1.29 is 4.74 Å². The lowest BCUT2D eigenvalue weighted by atomic mass is 10.1. The Morgan fingerprint density at radius 3 is 3.08 bits per heavy atom. The zero-order valence-corrected chi connectivity index (χ0v) is 9.53. The summed E-state index contributed by atoms with van der Waals surface area (Å²) in [5, 5.41) is 4.39. The summed E-state index contributed by atoms with van der Waals surface area (Å²) in [7, 11) is 1.78. The van der Waals surface area contributed by atoms with Gasteiger partial charge in [-0.15, -0.1) is 0 Å². The van der Waals surface area contributed by atoms with Crippen molar-refractivity contribution in [1.82, 2.24) is 5.32 Å². The highest BCUT2D eigenvalue weighted by Crippen LogP contribution is 2.29. The van der Waals surface area contributed by atoms with Crippen LogP contribution in [0.1, 0.15) is 26.2 Å². The summed E-state index contributed by atoms with van der Waals surface area (Å²) in [6.07, 6.45) is 3.88. The second-order valence-corrected chi connectivity index (χ2v) is 4.91. The van der Waals surface area contributed by atoms with E-state index in [0.29, 0.717) is 0 Å². The molecule has 0 radical (unpaired) electrons. The molecule has 78 valence electrons. The quantitative estimate of drug-likeness (QED) is 0.666. The minimum atomic E-state index is 0.766. The molecule has 0 aromatic carbocycles. The summed E-state index contributed by atoms with van der Waals surface area (Å²) in [5.74, 6) is 1.30. The third-order valence-electron chi connectivity index (χ3n) is 2.45. The maximum absolute atomic E-state index is 5.05. The van der Waals surface area contributed by atoms with Crippen LogP contribution in [0.5, 0.6) is 0 Å². The van der Waals surface area contributed by atoms with Crippen LogP contribution in [0.4, 0.5) is 0 Å². The number of thioether (sulfide) groups is 1. The molecule has 0 aromatic rings. The molecule has 1 N–H and O–H groups in total. The molecular weight excluding hydrogens is 182 g/mol. The van der Waals surface area contributed by atoms with E-state index in [1.54, 1.807) is 7.11 Å². The summed E-state index contributed by atoms with van der Waals surface area (Å²) in [5.41, 5.74) is 0. The van der Waals surface area contributed by atoms with E-state index in [0.717, 1.165) is 24.4 Å². The molecule has 1 saturated heterocycles. The van der Waals surface area contributed by atoms with Crippen LogP contribution in [0, 0.1) is 0 Å². The van der Waals surface area contributed by atoms with Crippen LogP contribution in [-0.4, -0.2) is 37.3 Å². The molecule has 0 bridgehead atoms. The molecular formula is C10H21NOS. The number of methoxy groups -OCH3 is 1. The third kappa shape index (κ3) is 4.34. The third-order valence-corrected chi connectivity index (χ3v) is 3.94. The van der Waals surface area contributed by atoms with Crippen molar-refractivity contribution in [3.05, 3.63) is 0 Å². The first-order valence-electron chi connectivity index (χ1n) is 5.20. The zero-order chi connectivity index (χ0) is 9.52. The summed E-state index contributed by atoms with van der Waals surface area (Å²) in [4.78, 5) is 0. The van der Waals surface area contributed by atoms with Gasteiger partial charge in [-0.05, 0) is 25.8 Å². The predicted molar refractivity (Wildman–Crippen MR) is 59.4 cm³/mol. The smallest absolute Gasteiger partial charge is 0.0462 e. The van der Waals surface area contributed by atoms with Crippen molar-refractivity contribution in [2.45, 2.75) is 37.5 Å². The van der Waals surface area contributed by atoms with Crippen molar-refractivity contribution in [3.8, 4) is 0 Å². The molecule has 2 atom stereocenters. The largest absolute Gasteiger partial charge is 0.385 e. The second kappa shape index (κ2) is 6.68.